The molecule has 0 N–H and O–H groups in total. The van der Waals surface area contributed by atoms with Crippen LogP contribution in [0.15, 0.2) is 76.3 Å². The van der Waals surface area contributed by atoms with Crippen LogP contribution in [0.3, 0.4) is 0 Å². The van der Waals surface area contributed by atoms with Crippen LogP contribution in [0.5, 0.6) is 5.75 Å². The summed E-state index contributed by atoms with van der Waals surface area (Å²) in [5.74, 6) is -0.184. The van der Waals surface area contributed by atoms with Gasteiger partial charge in [-0.25, -0.2) is 9.80 Å². The molecule has 3 heterocycles. The predicted octanol–water partition coefficient (Wildman–Crippen LogP) is 5.37. The Kier molecular flexibility index (Phi) is 5.07. The van der Waals surface area contributed by atoms with E-state index in [1.54, 1.807) is 24.1 Å². The lowest BCUT2D eigenvalue weighted by atomic mass is 9.89. The smallest absolute Gasteiger partial charge is 0.339 e. The van der Waals surface area contributed by atoms with Gasteiger partial charge in [-0.1, -0.05) is 64.0 Å². The lowest BCUT2D eigenvalue weighted by Gasteiger charge is -2.45. The van der Waals surface area contributed by atoms with Crippen molar-refractivity contribution in [2.75, 3.05) is 0 Å². The molecule has 0 spiro atoms. The van der Waals surface area contributed by atoms with Crippen LogP contribution in [0.1, 0.15) is 52.0 Å². The van der Waals surface area contributed by atoms with Crippen LogP contribution in [0.2, 0.25) is 0 Å². The summed E-state index contributed by atoms with van der Waals surface area (Å²) in [6.07, 6.45) is -0.0231. The third kappa shape index (κ3) is 3.57. The highest BCUT2D eigenvalue weighted by Crippen LogP contribution is 2.48. The van der Waals surface area contributed by atoms with Gasteiger partial charge in [0.05, 0.1) is 17.3 Å². The molecule has 0 saturated carbocycles. The Balaban J connectivity index is 1.41. The van der Waals surface area contributed by atoms with E-state index >= 15 is 0 Å². The maximum absolute atomic E-state index is 14.0. The van der Waals surface area contributed by atoms with Crippen molar-refractivity contribution >= 4 is 33.4 Å². The van der Waals surface area contributed by atoms with Gasteiger partial charge in [-0.05, 0) is 42.3 Å². The molecule has 6 rings (SSSR count). The highest BCUT2D eigenvalue weighted by molar-refractivity contribution is 9.10. The molecule has 7 heteroatoms. The molecule has 0 aliphatic carbocycles. The lowest BCUT2D eigenvalue weighted by Crippen LogP contribution is -2.61. The van der Waals surface area contributed by atoms with Gasteiger partial charge in [-0.3, -0.25) is 4.79 Å². The molecule has 35 heavy (non-hydrogen) atoms. The average molecular weight is 531 g/mol. The first-order valence-corrected chi connectivity index (χ1v) is 12.4. The number of hydrazone groups is 1. The van der Waals surface area contributed by atoms with E-state index in [2.05, 4.69) is 28.1 Å². The summed E-state index contributed by atoms with van der Waals surface area (Å²) < 4.78 is 12.9. The summed E-state index contributed by atoms with van der Waals surface area (Å²) in [7, 11) is 0. The van der Waals surface area contributed by atoms with Gasteiger partial charge in [0.15, 0.2) is 6.10 Å². The number of halogens is 1. The minimum Gasteiger partial charge on any atom is -0.459 e. The molecule has 3 aromatic rings. The molecule has 0 saturated heterocycles. The van der Waals surface area contributed by atoms with Crippen LogP contribution in [-0.4, -0.2) is 34.3 Å². The van der Waals surface area contributed by atoms with Crippen molar-refractivity contribution in [3.8, 4) is 5.75 Å². The van der Waals surface area contributed by atoms with Crippen molar-refractivity contribution in [3.63, 3.8) is 0 Å². The Morgan fingerprint density at radius 2 is 1.86 bits per heavy atom. The lowest BCUT2D eigenvalue weighted by molar-refractivity contribution is -0.168. The summed E-state index contributed by atoms with van der Waals surface area (Å²) in [5, 5.41) is 6.68. The fourth-order valence-corrected chi connectivity index (χ4v) is 5.52. The quantitative estimate of drug-likeness (QED) is 0.426. The Labute approximate surface area is 211 Å². The molecule has 6 nitrogen and oxygen atoms in total. The van der Waals surface area contributed by atoms with Gasteiger partial charge in [0, 0.05) is 29.8 Å². The fraction of sp³-hybridized carbons (Fsp3) is 0.250. The minimum absolute atomic E-state index is 0.187. The number of nitrogens with zero attached hydrogens (tertiary/aromatic N) is 2. The minimum atomic E-state index is -1.44. The largest absolute Gasteiger partial charge is 0.459 e. The van der Waals surface area contributed by atoms with Gasteiger partial charge >= 0.3 is 5.97 Å². The molecular formula is C28H23BrN2O4. The van der Waals surface area contributed by atoms with Gasteiger partial charge in [-0.15, -0.1) is 0 Å². The first-order valence-electron chi connectivity index (χ1n) is 11.6. The van der Waals surface area contributed by atoms with Crippen molar-refractivity contribution in [1.29, 1.82) is 0 Å². The number of carbonyl (C=O) groups excluding carboxylic acids is 2. The second-order valence-electron chi connectivity index (χ2n) is 9.36. The van der Waals surface area contributed by atoms with E-state index in [4.69, 9.17) is 14.6 Å². The highest BCUT2D eigenvalue weighted by atomic mass is 79.9. The van der Waals surface area contributed by atoms with Crippen LogP contribution in [0, 0.1) is 6.92 Å². The first-order chi connectivity index (χ1) is 16.8. The number of hydrogen-bond donors (Lipinski definition) is 0. The summed E-state index contributed by atoms with van der Waals surface area (Å²) in [6, 6.07) is 21.0. The predicted molar refractivity (Wildman–Crippen MR) is 134 cm³/mol. The molecule has 3 atom stereocenters. The molecule has 0 aromatic heterocycles. The fourth-order valence-electron chi connectivity index (χ4n) is 5.14. The summed E-state index contributed by atoms with van der Waals surface area (Å²) in [5.41, 5.74) is 3.89. The molecule has 3 aromatic carbocycles. The van der Waals surface area contributed by atoms with Gasteiger partial charge in [0.1, 0.15) is 5.75 Å². The summed E-state index contributed by atoms with van der Waals surface area (Å²) >= 11 is 3.56. The third-order valence-electron chi connectivity index (χ3n) is 7.01. The second-order valence-corrected chi connectivity index (χ2v) is 10.3. The number of ketones is 1. The number of carbonyl (C=O) groups is 2. The van der Waals surface area contributed by atoms with Crippen LogP contribution < -0.4 is 4.74 Å². The van der Waals surface area contributed by atoms with Crippen molar-refractivity contribution in [2.45, 2.75) is 44.6 Å². The number of cyclic esters (lactones) is 1. The Morgan fingerprint density at radius 3 is 2.66 bits per heavy atom. The Morgan fingerprint density at radius 1 is 1.09 bits per heavy atom. The standard InChI is InChI=1S/C28H23BrN2O4/c1-16-7-9-17(10-8-16)22-15-23-21-14-19(29)11-12-24(21)35-28(2,31(23)30-22)26(32)25-13-18-5-3-4-6-20(18)27(33)34-25/h3-12,14,23,25H,13,15H2,1-2H3/t23-,25-,28-/m1/s1. The third-order valence-corrected chi connectivity index (χ3v) is 7.51. The molecule has 0 amide bonds. The molecule has 0 fully saturated rings. The maximum Gasteiger partial charge on any atom is 0.339 e. The van der Waals surface area contributed by atoms with E-state index in [-0.39, 0.29) is 11.8 Å². The highest BCUT2D eigenvalue weighted by Gasteiger charge is 2.55. The number of hydrogen-bond acceptors (Lipinski definition) is 6. The number of esters is 1. The topological polar surface area (TPSA) is 68.2 Å². The van der Waals surface area contributed by atoms with Crippen LogP contribution in [0.4, 0.5) is 0 Å². The number of ether oxygens (including phenoxy) is 2. The number of fused-ring (bicyclic) bond motifs is 4. The van der Waals surface area contributed by atoms with E-state index in [1.807, 2.05) is 49.4 Å². The molecular weight excluding hydrogens is 508 g/mol. The Hall–Kier alpha value is -3.45. The average Bonchev–Trinajstić information content (AvgIpc) is 3.31. The van der Waals surface area contributed by atoms with Crippen molar-refractivity contribution in [3.05, 3.63) is 99.0 Å². The van der Waals surface area contributed by atoms with Crippen LogP contribution >= 0.6 is 15.9 Å². The van der Waals surface area contributed by atoms with E-state index < -0.39 is 17.8 Å². The number of benzene rings is 3. The van der Waals surface area contributed by atoms with Gasteiger partial charge in [-0.2, -0.15) is 5.10 Å². The van der Waals surface area contributed by atoms with Crippen LogP contribution in [-0.2, 0) is 16.0 Å². The zero-order valence-electron chi connectivity index (χ0n) is 19.3. The van der Waals surface area contributed by atoms with Crippen molar-refractivity contribution in [1.82, 2.24) is 5.01 Å². The molecule has 0 unspecified atom stereocenters. The molecule has 176 valence electrons. The summed E-state index contributed by atoms with van der Waals surface area (Å²) in [6.45, 7) is 3.77. The monoisotopic (exact) mass is 530 g/mol. The van der Waals surface area contributed by atoms with Crippen LogP contribution in [0.25, 0.3) is 0 Å². The van der Waals surface area contributed by atoms with Gasteiger partial charge in [0.25, 0.3) is 5.72 Å². The Bertz CT molecular complexity index is 1400. The van der Waals surface area contributed by atoms with E-state index in [0.717, 1.165) is 26.9 Å². The summed E-state index contributed by atoms with van der Waals surface area (Å²) in [4.78, 5) is 26.7. The number of aryl methyl sites for hydroxylation is 1. The van der Waals surface area contributed by atoms with E-state index in [9.17, 15) is 9.59 Å². The second kappa shape index (κ2) is 8.05. The zero-order valence-corrected chi connectivity index (χ0v) is 20.9. The van der Waals surface area contributed by atoms with E-state index in [1.165, 1.54) is 5.56 Å². The normalized spacial score (nSPS) is 24.5. The van der Waals surface area contributed by atoms with Crippen molar-refractivity contribution < 1.29 is 19.1 Å². The first kappa shape index (κ1) is 22.0. The number of Topliss-reactive ketones (excluding diaryl/α,β-unsaturated/α-hetero) is 1. The number of rotatable bonds is 3. The SMILES string of the molecule is Cc1ccc(C2=NN3[C@H](C2)c2cc(Br)ccc2O[C@]3(C)C(=O)[C@H]2Cc3ccccc3C(=O)O2)cc1. The van der Waals surface area contributed by atoms with E-state index in [0.29, 0.717) is 24.2 Å². The molecule has 3 aliphatic rings. The maximum atomic E-state index is 14.0. The van der Waals surface area contributed by atoms with Gasteiger partial charge in [0.2, 0.25) is 5.78 Å². The zero-order chi connectivity index (χ0) is 24.3. The molecule has 0 bridgehead atoms. The molecule has 3 aliphatic heterocycles. The van der Waals surface area contributed by atoms with Gasteiger partial charge < -0.3 is 9.47 Å². The molecule has 0 radical (unpaired) electrons. The van der Waals surface area contributed by atoms with Crippen molar-refractivity contribution in [2.24, 2.45) is 5.10 Å².